The minimum Gasteiger partial charge on any atom is -0.305 e. The zero-order chi connectivity index (χ0) is 7.84. The molecule has 1 aromatic heterocycles. The number of hydrogen-bond acceptors (Lipinski definition) is 3. The third-order valence-electron chi connectivity index (χ3n) is 1.93. The summed E-state index contributed by atoms with van der Waals surface area (Å²) in [5.74, 6) is 0.961. The summed E-state index contributed by atoms with van der Waals surface area (Å²) in [6.07, 6.45) is 1.87. The van der Waals surface area contributed by atoms with Crippen molar-refractivity contribution in [2.24, 2.45) is 0 Å². The van der Waals surface area contributed by atoms with Crippen molar-refractivity contribution < 1.29 is 0 Å². The summed E-state index contributed by atoms with van der Waals surface area (Å²) < 4.78 is 0. The highest BCUT2D eigenvalue weighted by molar-refractivity contribution is 5.50. The van der Waals surface area contributed by atoms with Crippen molar-refractivity contribution in [1.82, 2.24) is 10.4 Å². The average molecular weight is 149 g/mol. The quantitative estimate of drug-likeness (QED) is 0.585. The Balaban J connectivity index is 2.52. The Bertz CT molecular complexity index is 283. The number of anilines is 1. The van der Waals surface area contributed by atoms with E-state index in [0.717, 1.165) is 5.82 Å². The lowest BCUT2D eigenvalue weighted by Crippen LogP contribution is -2.15. The molecule has 3 heteroatoms. The molecule has 3 nitrogen and oxygen atoms in total. The second-order valence-corrected chi connectivity index (χ2v) is 2.94. The van der Waals surface area contributed by atoms with Crippen molar-refractivity contribution >= 4 is 5.82 Å². The molecule has 2 N–H and O–H groups in total. The fourth-order valence-electron chi connectivity index (χ4n) is 1.28. The molecule has 0 bridgehead atoms. The van der Waals surface area contributed by atoms with Gasteiger partial charge in [0.1, 0.15) is 5.82 Å². The fraction of sp³-hybridized carbons (Fsp3) is 0.375. The number of hydrazine groups is 1. The number of aromatic nitrogens is 1. The molecule has 1 unspecified atom stereocenters. The van der Waals surface area contributed by atoms with Gasteiger partial charge in [-0.05, 0) is 25.5 Å². The van der Waals surface area contributed by atoms with Crippen LogP contribution in [0.5, 0.6) is 0 Å². The lowest BCUT2D eigenvalue weighted by Gasteiger charge is -2.00. The zero-order valence-corrected chi connectivity index (χ0v) is 6.68. The standard InChI is InChI=1S/C8H11N3/c1-5-3-7-6(2)10-11-8(7)9-4-5/h3-4,6,10H,1-2H3,(H,9,11). The molecule has 0 saturated heterocycles. The van der Waals surface area contributed by atoms with Gasteiger partial charge >= 0.3 is 0 Å². The van der Waals surface area contributed by atoms with Crippen LogP contribution in [0, 0.1) is 6.92 Å². The molecule has 11 heavy (non-hydrogen) atoms. The second-order valence-electron chi connectivity index (χ2n) is 2.94. The van der Waals surface area contributed by atoms with Crippen LogP contribution in [0.15, 0.2) is 12.3 Å². The van der Waals surface area contributed by atoms with E-state index in [1.54, 1.807) is 0 Å². The molecule has 0 fully saturated rings. The van der Waals surface area contributed by atoms with Gasteiger partial charge in [-0.25, -0.2) is 10.4 Å². The Kier molecular flexibility index (Phi) is 1.32. The molecule has 1 atom stereocenters. The van der Waals surface area contributed by atoms with Crippen LogP contribution in [-0.2, 0) is 0 Å². The summed E-state index contributed by atoms with van der Waals surface area (Å²) in [6.45, 7) is 4.16. The molecule has 2 heterocycles. The Morgan fingerprint density at radius 3 is 3.18 bits per heavy atom. The van der Waals surface area contributed by atoms with Crippen molar-refractivity contribution in [2.75, 3.05) is 5.43 Å². The monoisotopic (exact) mass is 149 g/mol. The number of pyridine rings is 1. The highest BCUT2D eigenvalue weighted by Crippen LogP contribution is 2.25. The van der Waals surface area contributed by atoms with Gasteiger partial charge in [0, 0.05) is 11.8 Å². The van der Waals surface area contributed by atoms with Crippen LogP contribution in [0.2, 0.25) is 0 Å². The van der Waals surface area contributed by atoms with Crippen LogP contribution in [-0.4, -0.2) is 4.98 Å². The van der Waals surface area contributed by atoms with Crippen LogP contribution >= 0.6 is 0 Å². The molecule has 2 rings (SSSR count). The lowest BCUT2D eigenvalue weighted by molar-refractivity contribution is 0.687. The van der Waals surface area contributed by atoms with Crippen molar-refractivity contribution in [1.29, 1.82) is 0 Å². The first-order chi connectivity index (χ1) is 5.27. The van der Waals surface area contributed by atoms with Crippen LogP contribution in [0.1, 0.15) is 24.1 Å². The molecule has 0 aliphatic carbocycles. The van der Waals surface area contributed by atoms with Crippen molar-refractivity contribution in [3.63, 3.8) is 0 Å². The summed E-state index contributed by atoms with van der Waals surface area (Å²) in [5, 5.41) is 0. The van der Waals surface area contributed by atoms with E-state index in [1.807, 2.05) is 6.20 Å². The van der Waals surface area contributed by atoms with Crippen molar-refractivity contribution in [3.8, 4) is 0 Å². The first-order valence-electron chi connectivity index (χ1n) is 3.75. The van der Waals surface area contributed by atoms with Gasteiger partial charge in [-0.3, -0.25) is 0 Å². The van der Waals surface area contributed by atoms with Gasteiger partial charge in [0.2, 0.25) is 0 Å². The molecular formula is C8H11N3. The van der Waals surface area contributed by atoms with Gasteiger partial charge < -0.3 is 5.43 Å². The van der Waals surface area contributed by atoms with E-state index >= 15 is 0 Å². The molecule has 1 aromatic rings. The molecule has 58 valence electrons. The summed E-state index contributed by atoms with van der Waals surface area (Å²) in [4.78, 5) is 4.24. The Morgan fingerprint density at radius 2 is 2.36 bits per heavy atom. The topological polar surface area (TPSA) is 37.0 Å². The summed E-state index contributed by atoms with van der Waals surface area (Å²) in [7, 11) is 0. The van der Waals surface area contributed by atoms with Crippen LogP contribution in [0.3, 0.4) is 0 Å². The number of hydrogen-bond donors (Lipinski definition) is 2. The third kappa shape index (κ3) is 0.973. The van der Waals surface area contributed by atoms with Gasteiger partial charge in [-0.15, -0.1) is 0 Å². The highest BCUT2D eigenvalue weighted by Gasteiger charge is 2.17. The summed E-state index contributed by atoms with van der Waals surface area (Å²) in [5.41, 5.74) is 8.58. The van der Waals surface area contributed by atoms with Gasteiger partial charge in [-0.2, -0.15) is 0 Å². The van der Waals surface area contributed by atoms with Crippen molar-refractivity contribution in [3.05, 3.63) is 23.4 Å². The minimum absolute atomic E-state index is 0.373. The maximum atomic E-state index is 4.24. The normalized spacial score (nSPS) is 21.1. The molecule has 0 aromatic carbocycles. The molecule has 0 spiro atoms. The van der Waals surface area contributed by atoms with Gasteiger partial charge in [0.25, 0.3) is 0 Å². The predicted molar refractivity (Wildman–Crippen MR) is 44.1 cm³/mol. The number of aryl methyl sites for hydroxylation is 1. The lowest BCUT2D eigenvalue weighted by atomic mass is 10.1. The predicted octanol–water partition coefficient (Wildman–Crippen LogP) is 1.38. The number of nitrogens with zero attached hydrogens (tertiary/aromatic N) is 1. The Labute approximate surface area is 65.8 Å². The largest absolute Gasteiger partial charge is 0.305 e. The third-order valence-corrected chi connectivity index (χ3v) is 1.93. The molecule has 0 saturated carbocycles. The van der Waals surface area contributed by atoms with Crippen LogP contribution in [0.25, 0.3) is 0 Å². The second kappa shape index (κ2) is 2.20. The molecule has 0 amide bonds. The smallest absolute Gasteiger partial charge is 0.144 e. The zero-order valence-electron chi connectivity index (χ0n) is 6.68. The molecule has 1 aliphatic rings. The average Bonchev–Trinajstić information content (AvgIpc) is 2.33. The maximum Gasteiger partial charge on any atom is 0.144 e. The van der Waals surface area contributed by atoms with E-state index in [-0.39, 0.29) is 0 Å². The molecular weight excluding hydrogens is 138 g/mol. The number of fused-ring (bicyclic) bond motifs is 1. The summed E-state index contributed by atoms with van der Waals surface area (Å²) in [6, 6.07) is 2.53. The van der Waals surface area contributed by atoms with Gasteiger partial charge in [-0.1, -0.05) is 0 Å². The number of rotatable bonds is 0. The Morgan fingerprint density at radius 1 is 1.55 bits per heavy atom. The fourth-order valence-corrected chi connectivity index (χ4v) is 1.28. The van der Waals surface area contributed by atoms with Crippen LogP contribution < -0.4 is 10.9 Å². The van der Waals surface area contributed by atoms with E-state index in [1.165, 1.54) is 11.1 Å². The molecule has 0 radical (unpaired) electrons. The first-order valence-corrected chi connectivity index (χ1v) is 3.75. The van der Waals surface area contributed by atoms with E-state index in [2.05, 4.69) is 35.7 Å². The summed E-state index contributed by atoms with van der Waals surface area (Å²) >= 11 is 0. The number of nitrogens with one attached hydrogen (secondary N) is 2. The van der Waals surface area contributed by atoms with E-state index in [0.29, 0.717) is 6.04 Å². The van der Waals surface area contributed by atoms with Crippen LogP contribution in [0.4, 0.5) is 5.82 Å². The minimum atomic E-state index is 0.373. The SMILES string of the molecule is Cc1cnc2c(c1)C(C)NN2. The first kappa shape index (κ1) is 6.61. The van der Waals surface area contributed by atoms with Crippen molar-refractivity contribution in [2.45, 2.75) is 19.9 Å². The highest BCUT2D eigenvalue weighted by atomic mass is 15.4. The van der Waals surface area contributed by atoms with E-state index < -0.39 is 0 Å². The molecule has 1 aliphatic heterocycles. The van der Waals surface area contributed by atoms with Gasteiger partial charge in [0.05, 0.1) is 6.04 Å². The van der Waals surface area contributed by atoms with E-state index in [9.17, 15) is 0 Å². The van der Waals surface area contributed by atoms with Gasteiger partial charge in [0.15, 0.2) is 0 Å². The maximum absolute atomic E-state index is 4.24. The Hall–Kier alpha value is -1.09. The van der Waals surface area contributed by atoms with E-state index in [4.69, 9.17) is 0 Å².